The van der Waals surface area contributed by atoms with Crippen LogP contribution in [0.25, 0.3) is 0 Å². The number of ether oxygens (including phenoxy) is 1. The Bertz CT molecular complexity index is 620. The van der Waals surface area contributed by atoms with Gasteiger partial charge in [-0.15, -0.1) is 0 Å². The maximum absolute atomic E-state index is 12.5. The van der Waals surface area contributed by atoms with Crippen LogP contribution in [0.4, 0.5) is 0 Å². The van der Waals surface area contributed by atoms with Crippen molar-refractivity contribution in [1.82, 2.24) is 0 Å². The zero-order chi connectivity index (χ0) is 12.5. The summed E-state index contributed by atoms with van der Waals surface area (Å²) in [4.78, 5) is 12.5. The number of carbonyl (C=O) groups excluding carboxylic acids is 1. The molecule has 0 aromatic heterocycles. The molecule has 0 atom stereocenters. The van der Waals surface area contributed by atoms with E-state index in [-0.39, 0.29) is 5.78 Å². The van der Waals surface area contributed by atoms with Gasteiger partial charge in [0.2, 0.25) is 0 Å². The molecule has 0 radical (unpaired) electrons. The summed E-state index contributed by atoms with van der Waals surface area (Å²) in [5.41, 5.74) is 2.45. The zero-order valence-corrected chi connectivity index (χ0v) is 11.2. The van der Waals surface area contributed by atoms with Crippen molar-refractivity contribution in [1.29, 1.82) is 0 Å². The highest BCUT2D eigenvalue weighted by Gasteiger charge is 2.21. The molecule has 0 bridgehead atoms. The Hall–Kier alpha value is -1.61. The molecule has 2 nitrogen and oxygen atoms in total. The molecule has 3 rings (SSSR count). The second-order valence-corrected chi connectivity index (χ2v) is 5.15. The number of rotatable bonds is 2. The Kier molecular flexibility index (Phi) is 2.92. The van der Waals surface area contributed by atoms with E-state index >= 15 is 0 Å². The monoisotopic (exact) mass is 302 g/mol. The molecule has 18 heavy (non-hydrogen) atoms. The van der Waals surface area contributed by atoms with Gasteiger partial charge in [0.05, 0.1) is 12.2 Å². The number of fused-ring (bicyclic) bond motifs is 1. The number of para-hydroxylation sites is 1. The lowest BCUT2D eigenvalue weighted by molar-refractivity contribution is 0.103. The van der Waals surface area contributed by atoms with Crippen LogP contribution in [0.1, 0.15) is 21.5 Å². The normalized spacial score (nSPS) is 12.9. The Labute approximate surface area is 114 Å². The van der Waals surface area contributed by atoms with Crippen molar-refractivity contribution in [2.24, 2.45) is 0 Å². The number of hydrogen-bond acceptors (Lipinski definition) is 2. The second kappa shape index (κ2) is 4.58. The third-order valence-electron chi connectivity index (χ3n) is 3.05. The van der Waals surface area contributed by atoms with Crippen LogP contribution in [-0.4, -0.2) is 12.4 Å². The first-order chi connectivity index (χ1) is 8.75. The van der Waals surface area contributed by atoms with Crippen LogP contribution < -0.4 is 4.74 Å². The van der Waals surface area contributed by atoms with Gasteiger partial charge in [0, 0.05) is 16.5 Å². The van der Waals surface area contributed by atoms with Gasteiger partial charge < -0.3 is 4.74 Å². The topological polar surface area (TPSA) is 26.3 Å². The lowest BCUT2D eigenvalue weighted by atomic mass is 10.00. The summed E-state index contributed by atoms with van der Waals surface area (Å²) in [5, 5.41) is 0. The number of ketones is 1. The van der Waals surface area contributed by atoms with E-state index in [9.17, 15) is 4.79 Å². The van der Waals surface area contributed by atoms with Crippen LogP contribution >= 0.6 is 15.9 Å². The minimum Gasteiger partial charge on any atom is -0.492 e. The number of hydrogen-bond donors (Lipinski definition) is 0. The summed E-state index contributed by atoms with van der Waals surface area (Å²) in [6.45, 7) is 0.665. The smallest absolute Gasteiger partial charge is 0.196 e. The van der Waals surface area contributed by atoms with Gasteiger partial charge in [0.1, 0.15) is 5.75 Å². The fraction of sp³-hybridized carbons (Fsp3) is 0.133. The average Bonchev–Trinajstić information content (AvgIpc) is 2.86. The van der Waals surface area contributed by atoms with E-state index in [1.54, 1.807) is 0 Å². The van der Waals surface area contributed by atoms with Crippen LogP contribution in [0, 0.1) is 0 Å². The van der Waals surface area contributed by atoms with Crippen molar-refractivity contribution in [3.63, 3.8) is 0 Å². The highest BCUT2D eigenvalue weighted by Crippen LogP contribution is 2.31. The lowest BCUT2D eigenvalue weighted by Crippen LogP contribution is -2.03. The minimum absolute atomic E-state index is 0.00931. The van der Waals surface area contributed by atoms with Crippen LogP contribution in [0.3, 0.4) is 0 Å². The first kappa shape index (κ1) is 11.5. The molecule has 0 spiro atoms. The molecule has 3 heteroatoms. The molecule has 1 heterocycles. The molecule has 0 aliphatic carbocycles. The van der Waals surface area contributed by atoms with Gasteiger partial charge in [-0.1, -0.05) is 40.2 Å². The van der Waals surface area contributed by atoms with Crippen LogP contribution in [-0.2, 0) is 6.42 Å². The van der Waals surface area contributed by atoms with Gasteiger partial charge in [-0.05, 0) is 23.8 Å². The highest BCUT2D eigenvalue weighted by atomic mass is 79.9. The SMILES string of the molecule is O=C(c1cccc(Br)c1)c1cccc2c1OCC2. The van der Waals surface area contributed by atoms with E-state index in [1.165, 1.54) is 0 Å². The molecule has 90 valence electrons. The van der Waals surface area contributed by atoms with Gasteiger partial charge in [-0.2, -0.15) is 0 Å². The van der Waals surface area contributed by atoms with Crippen molar-refractivity contribution in [3.8, 4) is 5.75 Å². The van der Waals surface area contributed by atoms with Crippen LogP contribution in [0.5, 0.6) is 5.75 Å². The van der Waals surface area contributed by atoms with Crippen LogP contribution in [0.2, 0.25) is 0 Å². The third-order valence-corrected chi connectivity index (χ3v) is 3.54. The summed E-state index contributed by atoms with van der Waals surface area (Å²) < 4.78 is 6.47. The summed E-state index contributed by atoms with van der Waals surface area (Å²) in [7, 11) is 0. The third kappa shape index (κ3) is 1.95. The largest absolute Gasteiger partial charge is 0.492 e. The summed E-state index contributed by atoms with van der Waals surface area (Å²) in [6, 6.07) is 13.2. The second-order valence-electron chi connectivity index (χ2n) is 4.23. The van der Waals surface area contributed by atoms with Gasteiger partial charge >= 0.3 is 0 Å². The molecule has 0 amide bonds. The summed E-state index contributed by atoms with van der Waals surface area (Å²) in [5.74, 6) is 0.762. The Morgan fingerprint density at radius 3 is 2.83 bits per heavy atom. The van der Waals surface area contributed by atoms with E-state index in [2.05, 4.69) is 15.9 Å². The van der Waals surface area contributed by atoms with Gasteiger partial charge in [0.15, 0.2) is 5.78 Å². The van der Waals surface area contributed by atoms with E-state index in [0.717, 1.165) is 22.2 Å². The fourth-order valence-corrected chi connectivity index (χ4v) is 2.58. The number of carbonyl (C=O) groups is 1. The molecule has 0 saturated heterocycles. The molecule has 0 saturated carbocycles. The van der Waals surface area contributed by atoms with Gasteiger partial charge in [-0.25, -0.2) is 0 Å². The Morgan fingerprint density at radius 1 is 1.17 bits per heavy atom. The minimum atomic E-state index is 0.00931. The Balaban J connectivity index is 2.06. The maximum atomic E-state index is 12.5. The molecular weight excluding hydrogens is 292 g/mol. The van der Waals surface area contributed by atoms with Gasteiger partial charge in [-0.3, -0.25) is 4.79 Å². The Morgan fingerprint density at radius 2 is 2.00 bits per heavy atom. The first-order valence-electron chi connectivity index (χ1n) is 5.80. The number of benzene rings is 2. The standard InChI is InChI=1S/C15H11BrO2/c16-12-5-1-4-11(9-12)14(17)13-6-2-3-10-7-8-18-15(10)13/h1-6,9H,7-8H2. The average molecular weight is 303 g/mol. The molecule has 2 aromatic carbocycles. The molecule has 0 N–H and O–H groups in total. The van der Waals surface area contributed by atoms with Crippen molar-refractivity contribution in [2.45, 2.75) is 6.42 Å². The molecule has 2 aromatic rings. The van der Waals surface area contributed by atoms with E-state index in [0.29, 0.717) is 17.7 Å². The zero-order valence-electron chi connectivity index (χ0n) is 9.65. The van der Waals surface area contributed by atoms with Crippen molar-refractivity contribution in [2.75, 3.05) is 6.61 Å². The van der Waals surface area contributed by atoms with Gasteiger partial charge in [0.25, 0.3) is 0 Å². The first-order valence-corrected chi connectivity index (χ1v) is 6.60. The van der Waals surface area contributed by atoms with Crippen LogP contribution in [0.15, 0.2) is 46.9 Å². The highest BCUT2D eigenvalue weighted by molar-refractivity contribution is 9.10. The molecule has 1 aliphatic heterocycles. The quantitative estimate of drug-likeness (QED) is 0.792. The van der Waals surface area contributed by atoms with Crippen molar-refractivity contribution in [3.05, 3.63) is 63.6 Å². The summed E-state index contributed by atoms with van der Waals surface area (Å²) >= 11 is 3.38. The van der Waals surface area contributed by atoms with E-state index in [1.807, 2.05) is 42.5 Å². The maximum Gasteiger partial charge on any atom is 0.196 e. The molecular formula is C15H11BrO2. The molecule has 0 fully saturated rings. The summed E-state index contributed by atoms with van der Waals surface area (Å²) in [6.07, 6.45) is 0.884. The van der Waals surface area contributed by atoms with Crippen molar-refractivity contribution < 1.29 is 9.53 Å². The van der Waals surface area contributed by atoms with E-state index < -0.39 is 0 Å². The lowest BCUT2D eigenvalue weighted by Gasteiger charge is -2.07. The van der Waals surface area contributed by atoms with E-state index in [4.69, 9.17) is 4.74 Å². The fourth-order valence-electron chi connectivity index (χ4n) is 2.18. The molecule has 1 aliphatic rings. The predicted molar refractivity (Wildman–Crippen MR) is 73.2 cm³/mol. The number of halogens is 1. The predicted octanol–water partition coefficient (Wildman–Crippen LogP) is 3.62. The van der Waals surface area contributed by atoms with Crippen molar-refractivity contribution >= 4 is 21.7 Å². The molecule has 0 unspecified atom stereocenters.